The average molecular weight is 182 g/mol. The predicted molar refractivity (Wildman–Crippen MR) is 57.7 cm³/mol. The van der Waals surface area contributed by atoms with E-state index in [1.54, 1.807) is 12.2 Å². The monoisotopic (exact) mass is 182 g/mol. The standard InChI is InChI=1S/C13H10O/c1-10-7-8-13(14)12(9-10)11-5-3-2-4-6-11/h2-9H,1H2. The van der Waals surface area contributed by atoms with Gasteiger partial charge in [0.15, 0.2) is 5.78 Å². The third kappa shape index (κ3) is 1.57. The Labute approximate surface area is 83.1 Å². The van der Waals surface area contributed by atoms with Crippen LogP contribution in [0.15, 0.2) is 60.7 Å². The quantitative estimate of drug-likeness (QED) is 0.652. The summed E-state index contributed by atoms with van der Waals surface area (Å²) in [5.74, 6) is 0.0450. The fraction of sp³-hybridized carbons (Fsp3) is 0. The zero-order chi connectivity index (χ0) is 9.97. The van der Waals surface area contributed by atoms with Crippen LogP contribution in [0.3, 0.4) is 0 Å². The molecule has 1 heteroatoms. The van der Waals surface area contributed by atoms with Gasteiger partial charge in [0.25, 0.3) is 0 Å². The summed E-state index contributed by atoms with van der Waals surface area (Å²) < 4.78 is 0. The van der Waals surface area contributed by atoms with Crippen molar-refractivity contribution in [1.29, 1.82) is 0 Å². The molecule has 0 radical (unpaired) electrons. The third-order valence-corrected chi connectivity index (χ3v) is 2.13. The van der Waals surface area contributed by atoms with Gasteiger partial charge in [0.1, 0.15) is 0 Å². The molecule has 68 valence electrons. The summed E-state index contributed by atoms with van der Waals surface area (Å²) in [6.45, 7) is 3.81. The van der Waals surface area contributed by atoms with Gasteiger partial charge in [-0.25, -0.2) is 0 Å². The van der Waals surface area contributed by atoms with Crippen molar-refractivity contribution in [3.8, 4) is 0 Å². The van der Waals surface area contributed by atoms with Crippen LogP contribution in [0.1, 0.15) is 5.56 Å². The van der Waals surface area contributed by atoms with Crippen molar-refractivity contribution >= 4 is 11.4 Å². The van der Waals surface area contributed by atoms with Crippen LogP contribution in [-0.4, -0.2) is 5.78 Å². The van der Waals surface area contributed by atoms with E-state index in [0.29, 0.717) is 0 Å². The molecule has 1 aromatic rings. The largest absolute Gasteiger partial charge is 0.289 e. The summed E-state index contributed by atoms with van der Waals surface area (Å²) in [5.41, 5.74) is 2.53. The molecule has 0 spiro atoms. The highest BCUT2D eigenvalue weighted by Gasteiger charge is 2.11. The Morgan fingerprint density at radius 1 is 1.00 bits per heavy atom. The van der Waals surface area contributed by atoms with Crippen LogP contribution in [0.5, 0.6) is 0 Å². The fourth-order valence-electron chi connectivity index (χ4n) is 1.42. The van der Waals surface area contributed by atoms with Gasteiger partial charge in [-0.3, -0.25) is 4.79 Å². The lowest BCUT2D eigenvalue weighted by molar-refractivity contribution is -0.109. The van der Waals surface area contributed by atoms with Gasteiger partial charge in [-0.1, -0.05) is 43.0 Å². The first kappa shape index (κ1) is 8.70. The molecule has 0 heterocycles. The molecule has 0 fully saturated rings. The molecule has 0 saturated heterocycles. The Morgan fingerprint density at radius 2 is 1.71 bits per heavy atom. The third-order valence-electron chi connectivity index (χ3n) is 2.13. The first-order valence-corrected chi connectivity index (χ1v) is 4.46. The smallest absolute Gasteiger partial charge is 0.186 e. The Morgan fingerprint density at radius 3 is 2.43 bits per heavy atom. The normalized spacial score (nSPS) is 15.6. The van der Waals surface area contributed by atoms with Crippen molar-refractivity contribution in [1.82, 2.24) is 0 Å². The Balaban J connectivity index is 2.45. The van der Waals surface area contributed by atoms with Crippen molar-refractivity contribution in [2.45, 2.75) is 0 Å². The lowest BCUT2D eigenvalue weighted by Gasteiger charge is -2.08. The summed E-state index contributed by atoms with van der Waals surface area (Å²) in [6.07, 6.45) is 5.11. The van der Waals surface area contributed by atoms with Crippen molar-refractivity contribution < 1.29 is 4.79 Å². The number of carbonyl (C=O) groups excluding carboxylic acids is 1. The molecule has 0 unspecified atom stereocenters. The van der Waals surface area contributed by atoms with E-state index in [-0.39, 0.29) is 5.78 Å². The second kappa shape index (κ2) is 3.46. The summed E-state index contributed by atoms with van der Waals surface area (Å²) >= 11 is 0. The van der Waals surface area contributed by atoms with Crippen LogP contribution >= 0.6 is 0 Å². The molecule has 1 aromatic carbocycles. The van der Waals surface area contributed by atoms with E-state index >= 15 is 0 Å². The van der Waals surface area contributed by atoms with Gasteiger partial charge in [-0.05, 0) is 23.3 Å². The second-order valence-electron chi connectivity index (χ2n) is 3.20. The highest BCUT2D eigenvalue weighted by Crippen LogP contribution is 2.21. The van der Waals surface area contributed by atoms with Crippen LogP contribution in [-0.2, 0) is 4.79 Å². The number of hydrogen-bond acceptors (Lipinski definition) is 1. The molecule has 0 saturated carbocycles. The fourth-order valence-corrected chi connectivity index (χ4v) is 1.42. The highest BCUT2D eigenvalue weighted by molar-refractivity contribution is 6.27. The number of hydrogen-bond donors (Lipinski definition) is 0. The van der Waals surface area contributed by atoms with Crippen LogP contribution in [0.2, 0.25) is 0 Å². The van der Waals surface area contributed by atoms with E-state index in [4.69, 9.17) is 0 Å². The van der Waals surface area contributed by atoms with Gasteiger partial charge in [0.05, 0.1) is 0 Å². The van der Waals surface area contributed by atoms with Crippen molar-refractivity contribution in [3.05, 3.63) is 66.3 Å². The second-order valence-corrected chi connectivity index (χ2v) is 3.20. The van der Waals surface area contributed by atoms with Crippen LogP contribution < -0.4 is 0 Å². The van der Waals surface area contributed by atoms with Crippen molar-refractivity contribution in [3.63, 3.8) is 0 Å². The molecule has 14 heavy (non-hydrogen) atoms. The number of benzene rings is 1. The maximum atomic E-state index is 11.5. The maximum Gasteiger partial charge on any atom is 0.186 e. The lowest BCUT2D eigenvalue weighted by Crippen LogP contribution is -2.01. The molecule has 0 bridgehead atoms. The minimum absolute atomic E-state index is 0.0450. The first-order chi connectivity index (χ1) is 6.77. The number of carbonyl (C=O) groups is 1. The summed E-state index contributed by atoms with van der Waals surface area (Å²) in [6, 6.07) is 9.63. The van der Waals surface area contributed by atoms with Crippen LogP contribution in [0, 0.1) is 0 Å². The molecule has 0 aromatic heterocycles. The zero-order valence-electron chi connectivity index (χ0n) is 7.73. The summed E-state index contributed by atoms with van der Waals surface area (Å²) in [5, 5.41) is 0. The topological polar surface area (TPSA) is 17.1 Å². The summed E-state index contributed by atoms with van der Waals surface area (Å²) in [7, 11) is 0. The first-order valence-electron chi connectivity index (χ1n) is 4.46. The van der Waals surface area contributed by atoms with E-state index in [9.17, 15) is 4.79 Å². The van der Waals surface area contributed by atoms with Gasteiger partial charge in [-0.2, -0.15) is 0 Å². The van der Waals surface area contributed by atoms with Crippen LogP contribution in [0.25, 0.3) is 5.57 Å². The Hall–Kier alpha value is -1.89. The average Bonchev–Trinajstić information content (AvgIpc) is 2.23. The van der Waals surface area contributed by atoms with Gasteiger partial charge >= 0.3 is 0 Å². The number of allylic oxidation sites excluding steroid dienone is 5. The van der Waals surface area contributed by atoms with Gasteiger partial charge < -0.3 is 0 Å². The van der Waals surface area contributed by atoms with Crippen molar-refractivity contribution in [2.75, 3.05) is 0 Å². The molecule has 0 atom stereocenters. The van der Waals surface area contributed by atoms with Crippen molar-refractivity contribution in [2.24, 2.45) is 0 Å². The van der Waals surface area contributed by atoms with Gasteiger partial charge in [0, 0.05) is 5.57 Å². The molecule has 1 aliphatic carbocycles. The minimum atomic E-state index is 0.0450. The summed E-state index contributed by atoms with van der Waals surface area (Å²) in [4.78, 5) is 11.5. The van der Waals surface area contributed by atoms with Gasteiger partial charge in [0.2, 0.25) is 0 Å². The van der Waals surface area contributed by atoms with Gasteiger partial charge in [-0.15, -0.1) is 0 Å². The molecule has 1 nitrogen and oxygen atoms in total. The minimum Gasteiger partial charge on any atom is -0.289 e. The zero-order valence-corrected chi connectivity index (χ0v) is 7.73. The molecule has 0 aliphatic heterocycles. The van der Waals surface area contributed by atoms with E-state index in [1.807, 2.05) is 36.4 Å². The van der Waals surface area contributed by atoms with Crippen LogP contribution in [0.4, 0.5) is 0 Å². The highest BCUT2D eigenvalue weighted by atomic mass is 16.1. The van der Waals surface area contributed by atoms with E-state index < -0.39 is 0 Å². The molecule has 1 aliphatic rings. The molecular weight excluding hydrogens is 172 g/mol. The van der Waals surface area contributed by atoms with E-state index in [0.717, 1.165) is 16.7 Å². The molecule has 0 amide bonds. The molecule has 0 N–H and O–H groups in total. The predicted octanol–water partition coefficient (Wildman–Crippen LogP) is 2.77. The Kier molecular flexibility index (Phi) is 2.15. The molecular formula is C13H10O. The molecule has 2 rings (SSSR count). The lowest BCUT2D eigenvalue weighted by atomic mass is 9.95. The van der Waals surface area contributed by atoms with E-state index in [1.165, 1.54) is 0 Å². The Bertz CT molecular complexity index is 436. The number of rotatable bonds is 1. The number of ketones is 1. The van der Waals surface area contributed by atoms with E-state index in [2.05, 4.69) is 6.58 Å². The SMILES string of the molecule is C=C1C=CC(=O)C(c2ccccc2)=C1. The maximum absolute atomic E-state index is 11.5.